The smallest absolute Gasteiger partial charge is 0.329 e. The summed E-state index contributed by atoms with van der Waals surface area (Å²) in [4.78, 5) is 5.20. The topological polar surface area (TPSA) is 38.9 Å². The fraction of sp³-hybridized carbons (Fsp3) is 0.125. The third kappa shape index (κ3) is 3.56. The molecule has 0 saturated carbocycles. The van der Waals surface area contributed by atoms with Crippen molar-refractivity contribution in [3.63, 3.8) is 0 Å². The molecule has 23 heavy (non-hydrogen) atoms. The standard InChI is InChI=1S/C16H10F3N2OS/c1-10-5-2-3-8-13(10)23-12-7-4-6-11(9-12)14-20-15(22-21-14)16(17,18)19/h2-6,8-9H,1H3. The molecule has 0 fully saturated rings. The molecular formula is C16H10F3N2OS. The first-order valence-corrected chi connectivity index (χ1v) is 7.41. The Bertz CT molecular complexity index is 830. The summed E-state index contributed by atoms with van der Waals surface area (Å²) >= 11 is 1.47. The molecule has 0 atom stereocenters. The highest BCUT2D eigenvalue weighted by Crippen LogP contribution is 2.33. The van der Waals surface area contributed by atoms with E-state index >= 15 is 0 Å². The van der Waals surface area contributed by atoms with E-state index in [2.05, 4.69) is 20.7 Å². The zero-order chi connectivity index (χ0) is 16.4. The van der Waals surface area contributed by atoms with E-state index in [0.29, 0.717) is 5.56 Å². The zero-order valence-electron chi connectivity index (χ0n) is 11.9. The second kappa shape index (κ2) is 6.08. The minimum absolute atomic E-state index is 0.0991. The van der Waals surface area contributed by atoms with Crippen molar-refractivity contribution in [1.82, 2.24) is 10.1 Å². The second-order valence-electron chi connectivity index (χ2n) is 4.73. The zero-order valence-corrected chi connectivity index (χ0v) is 12.7. The van der Waals surface area contributed by atoms with E-state index in [4.69, 9.17) is 0 Å². The molecular weight excluding hydrogens is 325 g/mol. The van der Waals surface area contributed by atoms with Crippen molar-refractivity contribution < 1.29 is 17.7 Å². The van der Waals surface area contributed by atoms with Crippen LogP contribution in [0.2, 0.25) is 0 Å². The van der Waals surface area contributed by atoms with Gasteiger partial charge in [-0.25, -0.2) is 0 Å². The Balaban J connectivity index is 1.88. The predicted molar refractivity (Wildman–Crippen MR) is 78.9 cm³/mol. The fourth-order valence-electron chi connectivity index (χ4n) is 1.89. The second-order valence-corrected chi connectivity index (χ2v) is 5.81. The third-order valence-electron chi connectivity index (χ3n) is 3.02. The number of aryl methyl sites for hydroxylation is 1. The van der Waals surface area contributed by atoms with Crippen LogP contribution in [0.1, 0.15) is 11.5 Å². The van der Waals surface area contributed by atoms with Gasteiger partial charge in [0.1, 0.15) is 0 Å². The Morgan fingerprint density at radius 3 is 2.65 bits per heavy atom. The van der Waals surface area contributed by atoms with Gasteiger partial charge in [0, 0.05) is 15.4 Å². The molecule has 0 N–H and O–H groups in total. The van der Waals surface area contributed by atoms with Crippen LogP contribution in [0.25, 0.3) is 11.4 Å². The molecule has 1 aromatic heterocycles. The van der Waals surface area contributed by atoms with Gasteiger partial charge in [-0.15, -0.1) is 0 Å². The van der Waals surface area contributed by atoms with Gasteiger partial charge in [0.2, 0.25) is 5.82 Å². The predicted octanol–water partition coefficient (Wildman–Crippen LogP) is 5.02. The summed E-state index contributed by atoms with van der Waals surface area (Å²) in [5, 5.41) is 3.39. The summed E-state index contributed by atoms with van der Waals surface area (Å²) < 4.78 is 41.8. The average molecular weight is 335 g/mol. The van der Waals surface area contributed by atoms with Gasteiger partial charge in [0.05, 0.1) is 0 Å². The first-order chi connectivity index (χ1) is 10.9. The molecule has 0 saturated heterocycles. The van der Waals surface area contributed by atoms with Crippen molar-refractivity contribution in [2.75, 3.05) is 0 Å². The molecule has 3 nitrogen and oxygen atoms in total. The maximum atomic E-state index is 12.5. The van der Waals surface area contributed by atoms with Crippen LogP contribution in [-0.2, 0) is 6.18 Å². The molecule has 3 rings (SSSR count). The number of aromatic nitrogens is 2. The molecule has 0 bridgehead atoms. The number of nitrogens with zero attached hydrogens (tertiary/aromatic N) is 2. The largest absolute Gasteiger partial charge is 0.471 e. The molecule has 117 valence electrons. The first kappa shape index (κ1) is 15.6. The van der Waals surface area contributed by atoms with Crippen molar-refractivity contribution in [3.8, 4) is 11.4 Å². The lowest BCUT2D eigenvalue weighted by Crippen LogP contribution is -2.04. The molecule has 7 heteroatoms. The maximum absolute atomic E-state index is 12.5. The van der Waals surface area contributed by atoms with E-state index in [1.54, 1.807) is 18.2 Å². The highest BCUT2D eigenvalue weighted by Gasteiger charge is 2.38. The highest BCUT2D eigenvalue weighted by atomic mass is 32.2. The Morgan fingerprint density at radius 2 is 1.96 bits per heavy atom. The van der Waals surface area contributed by atoms with E-state index in [0.717, 1.165) is 15.4 Å². The number of halogens is 3. The van der Waals surface area contributed by atoms with Crippen molar-refractivity contribution in [2.24, 2.45) is 0 Å². The molecule has 3 aromatic rings. The van der Waals surface area contributed by atoms with E-state index in [1.807, 2.05) is 31.2 Å². The summed E-state index contributed by atoms with van der Waals surface area (Å²) in [6.07, 6.45) is -4.65. The van der Waals surface area contributed by atoms with Crippen molar-refractivity contribution in [3.05, 3.63) is 60.0 Å². The van der Waals surface area contributed by atoms with Gasteiger partial charge in [-0.3, -0.25) is 0 Å². The Hall–Kier alpha value is -2.28. The van der Waals surface area contributed by atoms with Crippen LogP contribution in [0.4, 0.5) is 13.2 Å². The van der Waals surface area contributed by atoms with Gasteiger partial charge in [-0.1, -0.05) is 47.3 Å². The van der Waals surface area contributed by atoms with E-state index in [1.165, 1.54) is 11.8 Å². The summed E-state index contributed by atoms with van der Waals surface area (Å²) in [5.41, 5.74) is 1.55. The van der Waals surface area contributed by atoms with Gasteiger partial charge in [0.25, 0.3) is 0 Å². The lowest BCUT2D eigenvalue weighted by molar-refractivity contribution is -0.159. The van der Waals surface area contributed by atoms with Gasteiger partial charge in [-0.05, 0) is 30.7 Å². The van der Waals surface area contributed by atoms with Crippen LogP contribution in [-0.4, -0.2) is 10.1 Å². The van der Waals surface area contributed by atoms with Crippen LogP contribution < -0.4 is 0 Å². The lowest BCUT2D eigenvalue weighted by Gasteiger charge is -2.05. The quantitative estimate of drug-likeness (QED) is 0.674. The SMILES string of the molecule is Cc1ccccc1Sc1[c]ccc(-c2noc(C(F)(F)F)n2)c1. The molecule has 0 aliphatic rings. The van der Waals surface area contributed by atoms with Gasteiger partial charge >= 0.3 is 12.1 Å². The van der Waals surface area contributed by atoms with Gasteiger partial charge < -0.3 is 4.52 Å². The van der Waals surface area contributed by atoms with E-state index < -0.39 is 12.1 Å². The van der Waals surface area contributed by atoms with E-state index in [-0.39, 0.29) is 5.82 Å². The lowest BCUT2D eigenvalue weighted by atomic mass is 10.2. The van der Waals surface area contributed by atoms with Crippen molar-refractivity contribution >= 4 is 11.8 Å². The van der Waals surface area contributed by atoms with Crippen LogP contribution in [0.15, 0.2) is 56.8 Å². The normalized spacial score (nSPS) is 11.7. The average Bonchev–Trinajstić information content (AvgIpc) is 3.00. The maximum Gasteiger partial charge on any atom is 0.471 e. The molecule has 0 spiro atoms. The molecule has 1 heterocycles. The van der Waals surface area contributed by atoms with Gasteiger partial charge in [0.15, 0.2) is 0 Å². The molecule has 2 aromatic carbocycles. The van der Waals surface area contributed by atoms with Crippen molar-refractivity contribution in [2.45, 2.75) is 22.9 Å². The molecule has 0 amide bonds. The summed E-state index contributed by atoms with van der Waals surface area (Å²) in [5.74, 6) is -1.45. The fourth-order valence-corrected chi connectivity index (χ4v) is 2.81. The minimum atomic E-state index is -4.65. The molecule has 0 aliphatic carbocycles. The minimum Gasteiger partial charge on any atom is -0.329 e. The Labute approximate surface area is 134 Å². The van der Waals surface area contributed by atoms with Gasteiger partial charge in [-0.2, -0.15) is 18.2 Å². The van der Waals surface area contributed by atoms with Crippen molar-refractivity contribution in [1.29, 1.82) is 0 Å². The van der Waals surface area contributed by atoms with Crippen LogP contribution in [0, 0.1) is 13.0 Å². The summed E-state index contributed by atoms with van der Waals surface area (Å²) in [6, 6.07) is 15.8. The monoisotopic (exact) mass is 335 g/mol. The molecule has 0 unspecified atom stereocenters. The Morgan fingerprint density at radius 1 is 1.17 bits per heavy atom. The first-order valence-electron chi connectivity index (χ1n) is 6.60. The van der Waals surface area contributed by atoms with E-state index in [9.17, 15) is 13.2 Å². The Kier molecular flexibility index (Phi) is 4.12. The van der Waals surface area contributed by atoms with Crippen LogP contribution in [0.5, 0.6) is 0 Å². The number of benzene rings is 2. The molecule has 0 aliphatic heterocycles. The third-order valence-corrected chi connectivity index (χ3v) is 4.15. The highest BCUT2D eigenvalue weighted by molar-refractivity contribution is 7.99. The number of rotatable bonds is 3. The summed E-state index contributed by atoms with van der Waals surface area (Å²) in [6.45, 7) is 1.99. The van der Waals surface area contributed by atoms with Crippen LogP contribution in [0.3, 0.4) is 0 Å². The number of alkyl halides is 3. The number of hydrogen-bond acceptors (Lipinski definition) is 4. The number of hydrogen-bond donors (Lipinski definition) is 0. The summed E-state index contributed by atoms with van der Waals surface area (Å²) in [7, 11) is 0. The molecule has 1 radical (unpaired) electrons. The van der Waals surface area contributed by atoms with Crippen LogP contribution >= 0.6 is 11.8 Å².